The number of hydrogen-bond acceptors (Lipinski definition) is 5. The molecule has 6 nitrogen and oxygen atoms in total. The number of aryl methyl sites for hydroxylation is 1. The Labute approximate surface area is 150 Å². The molecule has 0 fully saturated rings. The van der Waals surface area contributed by atoms with Crippen LogP contribution in [0, 0.1) is 6.92 Å². The first-order chi connectivity index (χ1) is 12.7. The molecule has 0 atom stereocenters. The van der Waals surface area contributed by atoms with E-state index in [-0.39, 0.29) is 12.3 Å². The molecule has 0 N–H and O–H groups in total. The predicted octanol–water partition coefficient (Wildman–Crippen LogP) is 3.48. The molecule has 0 saturated heterocycles. The zero-order chi connectivity index (χ0) is 17.9. The number of carbonyl (C=O) groups is 1. The molecule has 0 radical (unpaired) electrons. The highest BCUT2D eigenvalue weighted by Gasteiger charge is 2.15. The third kappa shape index (κ3) is 3.17. The Morgan fingerprint density at radius 1 is 1.08 bits per heavy atom. The lowest BCUT2D eigenvalue weighted by molar-refractivity contribution is 0.0465. The van der Waals surface area contributed by atoms with E-state index in [1.807, 2.05) is 67.6 Å². The van der Waals surface area contributed by atoms with E-state index in [1.54, 1.807) is 10.9 Å². The van der Waals surface area contributed by atoms with E-state index in [0.717, 1.165) is 27.8 Å². The van der Waals surface area contributed by atoms with Gasteiger partial charge in [0, 0.05) is 11.1 Å². The molecular formula is C20H16N4O2. The minimum Gasteiger partial charge on any atom is -0.456 e. The highest BCUT2D eigenvalue weighted by Crippen LogP contribution is 2.21. The largest absolute Gasteiger partial charge is 0.456 e. The second-order valence-corrected chi connectivity index (χ2v) is 5.91. The Morgan fingerprint density at radius 3 is 2.69 bits per heavy atom. The molecule has 0 unspecified atom stereocenters. The van der Waals surface area contributed by atoms with Gasteiger partial charge in [-0.25, -0.2) is 9.48 Å². The van der Waals surface area contributed by atoms with Crippen LogP contribution in [0.4, 0.5) is 0 Å². The fourth-order valence-corrected chi connectivity index (χ4v) is 2.75. The number of fused-ring (bicyclic) bond motifs is 1. The van der Waals surface area contributed by atoms with Crippen LogP contribution in [0.2, 0.25) is 0 Å². The number of para-hydroxylation sites is 1. The van der Waals surface area contributed by atoms with Crippen LogP contribution in [0.5, 0.6) is 0 Å². The van der Waals surface area contributed by atoms with E-state index >= 15 is 0 Å². The van der Waals surface area contributed by atoms with Crippen LogP contribution in [0.1, 0.15) is 21.7 Å². The quantitative estimate of drug-likeness (QED) is 0.530. The number of hydrogen-bond donors (Lipinski definition) is 0. The maximum absolute atomic E-state index is 12.2. The highest BCUT2D eigenvalue weighted by atomic mass is 16.5. The SMILES string of the molecule is Cc1cc(-n2cc(C(=O)OCc3ccccc3)nn2)c2ccccc2n1. The lowest BCUT2D eigenvalue weighted by Gasteiger charge is -2.06. The van der Waals surface area contributed by atoms with E-state index in [9.17, 15) is 4.79 Å². The summed E-state index contributed by atoms with van der Waals surface area (Å²) in [6.07, 6.45) is 1.58. The van der Waals surface area contributed by atoms with Crippen LogP contribution < -0.4 is 0 Å². The molecule has 128 valence electrons. The first-order valence-electron chi connectivity index (χ1n) is 8.21. The fraction of sp³-hybridized carbons (Fsp3) is 0.100. The van der Waals surface area contributed by atoms with E-state index in [4.69, 9.17) is 4.74 Å². The summed E-state index contributed by atoms with van der Waals surface area (Å²) in [5.74, 6) is -0.504. The fourth-order valence-electron chi connectivity index (χ4n) is 2.75. The molecule has 0 aliphatic carbocycles. The van der Waals surface area contributed by atoms with Gasteiger partial charge in [0.2, 0.25) is 0 Å². The van der Waals surface area contributed by atoms with Crippen molar-refractivity contribution in [2.24, 2.45) is 0 Å². The smallest absolute Gasteiger partial charge is 0.360 e. The molecule has 0 aliphatic heterocycles. The summed E-state index contributed by atoms with van der Waals surface area (Å²) < 4.78 is 6.89. The maximum Gasteiger partial charge on any atom is 0.360 e. The van der Waals surface area contributed by atoms with Gasteiger partial charge in [0.25, 0.3) is 0 Å². The van der Waals surface area contributed by atoms with Crippen LogP contribution in [-0.2, 0) is 11.3 Å². The average Bonchev–Trinajstić information content (AvgIpc) is 3.16. The first-order valence-corrected chi connectivity index (χ1v) is 8.21. The Bertz CT molecular complexity index is 1070. The summed E-state index contributed by atoms with van der Waals surface area (Å²) in [7, 11) is 0. The molecule has 0 amide bonds. The Balaban J connectivity index is 1.59. The molecule has 4 rings (SSSR count). The number of benzene rings is 2. The maximum atomic E-state index is 12.2. The molecule has 6 heteroatoms. The van der Waals surface area contributed by atoms with E-state index < -0.39 is 5.97 Å². The van der Waals surface area contributed by atoms with Gasteiger partial charge in [-0.3, -0.25) is 4.98 Å². The summed E-state index contributed by atoms with van der Waals surface area (Å²) in [6, 6.07) is 19.2. The number of nitrogens with zero attached hydrogens (tertiary/aromatic N) is 4. The van der Waals surface area contributed by atoms with Gasteiger partial charge >= 0.3 is 5.97 Å². The van der Waals surface area contributed by atoms with E-state index in [0.29, 0.717) is 0 Å². The molecule has 0 bridgehead atoms. The monoisotopic (exact) mass is 344 g/mol. The Hall–Kier alpha value is -3.54. The van der Waals surface area contributed by atoms with Gasteiger partial charge in [-0.05, 0) is 24.6 Å². The second-order valence-electron chi connectivity index (χ2n) is 5.91. The van der Waals surface area contributed by atoms with E-state index in [1.165, 1.54) is 0 Å². The van der Waals surface area contributed by atoms with Crippen molar-refractivity contribution in [3.8, 4) is 5.69 Å². The molecule has 0 spiro atoms. The number of ether oxygens (including phenoxy) is 1. The van der Waals surface area contributed by atoms with Crippen molar-refractivity contribution in [1.82, 2.24) is 20.0 Å². The van der Waals surface area contributed by atoms with Crippen molar-refractivity contribution in [3.63, 3.8) is 0 Å². The van der Waals surface area contributed by atoms with E-state index in [2.05, 4.69) is 15.3 Å². The third-order valence-corrected chi connectivity index (χ3v) is 3.98. The molecule has 0 saturated carbocycles. The van der Waals surface area contributed by atoms with Crippen molar-refractivity contribution >= 4 is 16.9 Å². The summed E-state index contributed by atoms with van der Waals surface area (Å²) in [5, 5.41) is 8.99. The molecule has 0 aliphatic rings. The van der Waals surface area contributed by atoms with Crippen molar-refractivity contribution in [1.29, 1.82) is 0 Å². The standard InChI is InChI=1S/C20H16N4O2/c1-14-11-19(16-9-5-6-10-17(16)21-14)24-12-18(22-23-24)20(25)26-13-15-7-3-2-4-8-15/h2-12H,13H2,1H3. The zero-order valence-electron chi connectivity index (χ0n) is 14.2. The van der Waals surface area contributed by atoms with Crippen LogP contribution in [0.25, 0.3) is 16.6 Å². The van der Waals surface area contributed by atoms with Gasteiger partial charge in [0.15, 0.2) is 5.69 Å². The van der Waals surface area contributed by atoms with Crippen LogP contribution in [0.3, 0.4) is 0 Å². The van der Waals surface area contributed by atoms with Gasteiger partial charge in [0.05, 0.1) is 17.4 Å². The van der Waals surface area contributed by atoms with Gasteiger partial charge in [-0.2, -0.15) is 0 Å². The van der Waals surface area contributed by atoms with Crippen LogP contribution >= 0.6 is 0 Å². The number of aromatic nitrogens is 4. The molecule has 2 aromatic carbocycles. The summed E-state index contributed by atoms with van der Waals surface area (Å²) >= 11 is 0. The van der Waals surface area contributed by atoms with Gasteiger partial charge in [-0.15, -0.1) is 5.10 Å². The summed E-state index contributed by atoms with van der Waals surface area (Å²) in [5.41, 5.74) is 3.64. The van der Waals surface area contributed by atoms with Crippen molar-refractivity contribution in [2.45, 2.75) is 13.5 Å². The number of carbonyl (C=O) groups excluding carboxylic acids is 1. The van der Waals surface area contributed by atoms with Crippen molar-refractivity contribution < 1.29 is 9.53 Å². The lowest BCUT2D eigenvalue weighted by atomic mass is 10.1. The van der Waals surface area contributed by atoms with Gasteiger partial charge in [-0.1, -0.05) is 53.7 Å². The third-order valence-electron chi connectivity index (χ3n) is 3.98. The zero-order valence-corrected chi connectivity index (χ0v) is 14.2. The number of rotatable bonds is 4. The number of pyridine rings is 1. The molecule has 2 heterocycles. The first kappa shape index (κ1) is 16.0. The van der Waals surface area contributed by atoms with Crippen molar-refractivity contribution in [2.75, 3.05) is 0 Å². The second kappa shape index (κ2) is 6.76. The Morgan fingerprint density at radius 2 is 1.85 bits per heavy atom. The normalized spacial score (nSPS) is 10.8. The van der Waals surface area contributed by atoms with Crippen molar-refractivity contribution in [3.05, 3.63) is 83.8 Å². The molecule has 4 aromatic rings. The predicted molar refractivity (Wildman–Crippen MR) is 97.0 cm³/mol. The average molecular weight is 344 g/mol. The summed E-state index contributed by atoms with van der Waals surface area (Å²) in [4.78, 5) is 16.8. The van der Waals surface area contributed by atoms with Crippen LogP contribution in [-0.4, -0.2) is 25.9 Å². The Kier molecular flexibility index (Phi) is 4.15. The lowest BCUT2D eigenvalue weighted by Crippen LogP contribution is -2.05. The topological polar surface area (TPSA) is 69.9 Å². The van der Waals surface area contributed by atoms with Gasteiger partial charge in [0.1, 0.15) is 6.61 Å². The number of esters is 1. The highest BCUT2D eigenvalue weighted by molar-refractivity contribution is 5.89. The minimum absolute atomic E-state index is 0.166. The molecule has 26 heavy (non-hydrogen) atoms. The van der Waals surface area contributed by atoms with Gasteiger partial charge < -0.3 is 4.74 Å². The minimum atomic E-state index is -0.504. The molecule has 2 aromatic heterocycles. The summed E-state index contributed by atoms with van der Waals surface area (Å²) in [6.45, 7) is 2.12. The van der Waals surface area contributed by atoms with Crippen LogP contribution in [0.15, 0.2) is 66.9 Å². The molecular weight excluding hydrogens is 328 g/mol.